The number of hydrazone groups is 1. The Morgan fingerprint density at radius 2 is 1.81 bits per heavy atom. The number of fused-ring (bicyclic) bond motifs is 1. The number of H-pyrrole nitrogens is 1. The summed E-state index contributed by atoms with van der Waals surface area (Å²) in [6.07, 6.45) is 1.38. The minimum absolute atomic E-state index is 0.0929. The zero-order chi connectivity index (χ0) is 18.6. The predicted molar refractivity (Wildman–Crippen MR) is 105 cm³/mol. The summed E-state index contributed by atoms with van der Waals surface area (Å²) in [7, 11) is 0. The molecule has 4 rings (SSSR count). The fourth-order valence-corrected chi connectivity index (χ4v) is 2.84. The number of nitrogens with one attached hydrogen (secondary N) is 2. The first kappa shape index (κ1) is 16.5. The van der Waals surface area contributed by atoms with Crippen molar-refractivity contribution in [1.82, 2.24) is 15.6 Å². The Hall–Kier alpha value is -3.93. The van der Waals surface area contributed by atoms with Gasteiger partial charge in [-0.2, -0.15) is 10.2 Å². The van der Waals surface area contributed by atoms with Crippen LogP contribution in [0.3, 0.4) is 0 Å². The summed E-state index contributed by atoms with van der Waals surface area (Å²) >= 11 is 0. The molecule has 0 atom stereocenters. The molecule has 1 aromatic heterocycles. The van der Waals surface area contributed by atoms with E-state index >= 15 is 0 Å². The van der Waals surface area contributed by atoms with E-state index in [1.165, 1.54) is 6.21 Å². The number of aromatic hydroxyl groups is 1. The minimum atomic E-state index is -0.416. The summed E-state index contributed by atoms with van der Waals surface area (Å²) in [4.78, 5) is 12.3. The van der Waals surface area contributed by atoms with Crippen molar-refractivity contribution in [1.29, 1.82) is 0 Å². The highest BCUT2D eigenvalue weighted by atomic mass is 16.3. The van der Waals surface area contributed by atoms with Crippen molar-refractivity contribution in [2.24, 2.45) is 5.10 Å². The van der Waals surface area contributed by atoms with Crippen molar-refractivity contribution < 1.29 is 9.90 Å². The Bertz CT molecular complexity index is 1140. The van der Waals surface area contributed by atoms with Crippen molar-refractivity contribution in [3.63, 3.8) is 0 Å². The van der Waals surface area contributed by atoms with Crippen molar-refractivity contribution in [2.75, 3.05) is 0 Å². The second-order valence-corrected chi connectivity index (χ2v) is 5.95. The highest BCUT2D eigenvalue weighted by molar-refractivity contribution is 5.98. The van der Waals surface area contributed by atoms with E-state index in [0.29, 0.717) is 17.0 Å². The quantitative estimate of drug-likeness (QED) is 0.385. The van der Waals surface area contributed by atoms with E-state index in [1.807, 2.05) is 42.5 Å². The van der Waals surface area contributed by atoms with Gasteiger partial charge in [-0.1, -0.05) is 54.6 Å². The van der Waals surface area contributed by atoms with Gasteiger partial charge in [-0.25, -0.2) is 5.43 Å². The molecule has 0 saturated heterocycles. The molecule has 1 heterocycles. The average Bonchev–Trinajstić information content (AvgIpc) is 3.19. The first-order valence-electron chi connectivity index (χ1n) is 8.37. The maximum absolute atomic E-state index is 12.3. The van der Waals surface area contributed by atoms with Crippen LogP contribution in [0, 0.1) is 0 Å². The fraction of sp³-hybridized carbons (Fsp3) is 0. The summed E-state index contributed by atoms with van der Waals surface area (Å²) < 4.78 is 0. The summed E-state index contributed by atoms with van der Waals surface area (Å²) in [5.74, 6) is -0.323. The predicted octanol–water partition coefficient (Wildman–Crippen LogP) is 3.70. The molecular weight excluding hydrogens is 340 g/mol. The van der Waals surface area contributed by atoms with Crippen LogP contribution in [0.4, 0.5) is 0 Å². The second kappa shape index (κ2) is 7.13. The van der Waals surface area contributed by atoms with E-state index < -0.39 is 5.91 Å². The monoisotopic (exact) mass is 356 g/mol. The molecule has 6 nitrogen and oxygen atoms in total. The molecule has 4 aromatic rings. The van der Waals surface area contributed by atoms with Gasteiger partial charge < -0.3 is 5.11 Å². The van der Waals surface area contributed by atoms with Gasteiger partial charge in [-0.3, -0.25) is 9.89 Å². The number of hydrogen-bond donors (Lipinski definition) is 3. The summed E-state index contributed by atoms with van der Waals surface area (Å²) in [5.41, 5.74) is 4.86. The van der Waals surface area contributed by atoms with Gasteiger partial charge in [-0.05, 0) is 29.0 Å². The number of nitrogens with zero attached hydrogens (tertiary/aromatic N) is 2. The molecule has 1 amide bonds. The maximum Gasteiger partial charge on any atom is 0.289 e. The number of carbonyl (C=O) groups is 1. The molecule has 6 heteroatoms. The third-order valence-electron chi connectivity index (χ3n) is 4.19. The van der Waals surface area contributed by atoms with Gasteiger partial charge in [0.2, 0.25) is 0 Å². The van der Waals surface area contributed by atoms with E-state index in [0.717, 1.165) is 16.3 Å². The normalized spacial score (nSPS) is 11.1. The van der Waals surface area contributed by atoms with Crippen molar-refractivity contribution in [3.05, 3.63) is 84.1 Å². The Balaban J connectivity index is 1.54. The number of phenolic OH excluding ortho intramolecular Hbond substituents is 1. The molecule has 3 aromatic carbocycles. The Kier molecular flexibility index (Phi) is 4.37. The van der Waals surface area contributed by atoms with Crippen LogP contribution >= 0.6 is 0 Å². The summed E-state index contributed by atoms with van der Waals surface area (Å²) in [5, 5.41) is 22.7. The second-order valence-electron chi connectivity index (χ2n) is 5.95. The van der Waals surface area contributed by atoms with Gasteiger partial charge >= 0.3 is 0 Å². The number of amides is 1. The zero-order valence-electron chi connectivity index (χ0n) is 14.3. The number of phenols is 1. The van der Waals surface area contributed by atoms with E-state index in [4.69, 9.17) is 0 Å². The summed E-state index contributed by atoms with van der Waals surface area (Å²) in [6, 6.07) is 22.4. The van der Waals surface area contributed by atoms with Gasteiger partial charge in [0.25, 0.3) is 5.91 Å². The molecule has 0 aliphatic carbocycles. The third-order valence-corrected chi connectivity index (χ3v) is 4.19. The first-order chi connectivity index (χ1) is 13.2. The first-order valence-corrected chi connectivity index (χ1v) is 8.37. The Morgan fingerprint density at radius 3 is 2.70 bits per heavy atom. The van der Waals surface area contributed by atoms with Crippen LogP contribution in [0.1, 0.15) is 16.1 Å². The SMILES string of the molecule is O=C(N/N=C\c1ccccc1O)c1cc(-c2cccc3ccccc23)n[nH]1. The van der Waals surface area contributed by atoms with Gasteiger partial charge in [0.15, 0.2) is 0 Å². The lowest BCUT2D eigenvalue weighted by molar-refractivity contribution is 0.0950. The number of aromatic nitrogens is 2. The molecule has 3 N–H and O–H groups in total. The van der Waals surface area contributed by atoms with Crippen LogP contribution in [0.25, 0.3) is 22.0 Å². The molecule has 0 unspecified atom stereocenters. The van der Waals surface area contributed by atoms with E-state index in [-0.39, 0.29) is 5.75 Å². The lowest BCUT2D eigenvalue weighted by atomic mass is 10.0. The minimum Gasteiger partial charge on any atom is -0.507 e. The van der Waals surface area contributed by atoms with Crippen molar-refractivity contribution in [3.8, 4) is 17.0 Å². The largest absolute Gasteiger partial charge is 0.507 e. The number of benzene rings is 3. The molecule has 0 aliphatic rings. The number of carbonyl (C=O) groups excluding carboxylic acids is 1. The van der Waals surface area contributed by atoms with Crippen LogP contribution in [0.15, 0.2) is 77.9 Å². The molecule has 27 heavy (non-hydrogen) atoms. The van der Waals surface area contributed by atoms with Gasteiger partial charge in [0.1, 0.15) is 11.4 Å². The number of hydrogen-bond acceptors (Lipinski definition) is 4. The van der Waals surface area contributed by atoms with E-state index in [2.05, 4.69) is 20.7 Å². The van der Waals surface area contributed by atoms with Gasteiger partial charge in [-0.15, -0.1) is 0 Å². The topological polar surface area (TPSA) is 90.4 Å². The highest BCUT2D eigenvalue weighted by Crippen LogP contribution is 2.27. The summed E-state index contributed by atoms with van der Waals surface area (Å²) in [6.45, 7) is 0. The molecule has 132 valence electrons. The van der Waals surface area contributed by atoms with E-state index in [9.17, 15) is 9.90 Å². The molecule has 0 aliphatic heterocycles. The maximum atomic E-state index is 12.3. The standard InChI is InChI=1S/C21H16N4O2/c26-20-11-4-2-7-15(20)13-22-25-21(27)19-12-18(23-24-19)17-10-5-8-14-6-1-3-9-16(14)17/h1-13,26H,(H,23,24)(H,25,27)/b22-13-. The van der Waals surface area contributed by atoms with Gasteiger partial charge in [0, 0.05) is 11.1 Å². The highest BCUT2D eigenvalue weighted by Gasteiger charge is 2.12. The number of para-hydroxylation sites is 1. The van der Waals surface area contributed by atoms with E-state index in [1.54, 1.807) is 30.3 Å². The average molecular weight is 356 g/mol. The Morgan fingerprint density at radius 1 is 1.04 bits per heavy atom. The number of aromatic amines is 1. The van der Waals surface area contributed by atoms with Crippen LogP contribution in [0.2, 0.25) is 0 Å². The zero-order valence-corrected chi connectivity index (χ0v) is 14.3. The van der Waals surface area contributed by atoms with Crippen LogP contribution in [-0.2, 0) is 0 Å². The Labute approximate surface area is 155 Å². The molecule has 0 radical (unpaired) electrons. The lowest BCUT2D eigenvalue weighted by Gasteiger charge is -2.02. The molecule has 0 bridgehead atoms. The van der Waals surface area contributed by atoms with Crippen LogP contribution in [-0.4, -0.2) is 27.4 Å². The molecular formula is C21H16N4O2. The number of rotatable bonds is 4. The smallest absolute Gasteiger partial charge is 0.289 e. The van der Waals surface area contributed by atoms with Crippen LogP contribution in [0.5, 0.6) is 5.75 Å². The molecule has 0 saturated carbocycles. The van der Waals surface area contributed by atoms with Crippen LogP contribution < -0.4 is 5.43 Å². The molecule has 0 fully saturated rings. The third kappa shape index (κ3) is 3.41. The fourth-order valence-electron chi connectivity index (χ4n) is 2.84. The van der Waals surface area contributed by atoms with Crippen molar-refractivity contribution in [2.45, 2.75) is 0 Å². The lowest BCUT2D eigenvalue weighted by Crippen LogP contribution is -2.18. The van der Waals surface area contributed by atoms with Gasteiger partial charge in [0.05, 0.1) is 11.9 Å². The van der Waals surface area contributed by atoms with Crippen molar-refractivity contribution >= 4 is 22.9 Å². The molecule has 0 spiro atoms.